The zero-order chi connectivity index (χ0) is 13.7. The Kier molecular flexibility index (Phi) is 4.83. The lowest BCUT2D eigenvalue weighted by Gasteiger charge is -2.22. The van der Waals surface area contributed by atoms with E-state index in [0.29, 0.717) is 18.0 Å². The highest BCUT2D eigenvalue weighted by Gasteiger charge is 2.12. The van der Waals surface area contributed by atoms with Crippen LogP contribution in [0.1, 0.15) is 12.0 Å². The Morgan fingerprint density at radius 1 is 1.28 bits per heavy atom. The topological polar surface area (TPSA) is 59.0 Å². The number of ether oxygens (including phenoxy) is 2. The fraction of sp³-hybridized carbons (Fsp3) is 0.462. The molecule has 0 aromatic heterocycles. The zero-order valence-corrected chi connectivity index (χ0v) is 11.2. The van der Waals surface area contributed by atoms with Crippen LogP contribution in [0.2, 0.25) is 0 Å². The van der Waals surface area contributed by atoms with Gasteiger partial charge in [0, 0.05) is 25.3 Å². The van der Waals surface area contributed by atoms with Gasteiger partial charge in [-0.25, -0.2) is 0 Å². The Morgan fingerprint density at radius 2 is 1.83 bits per heavy atom. The van der Waals surface area contributed by atoms with E-state index in [2.05, 4.69) is 0 Å². The van der Waals surface area contributed by atoms with Crippen molar-refractivity contribution in [3.8, 4) is 11.5 Å². The highest BCUT2D eigenvalue weighted by molar-refractivity contribution is 5.68. The average Bonchev–Trinajstić information content (AvgIpc) is 2.35. The van der Waals surface area contributed by atoms with Crippen molar-refractivity contribution in [1.82, 2.24) is 0 Å². The molecule has 0 atom stereocenters. The van der Waals surface area contributed by atoms with Gasteiger partial charge in [0.1, 0.15) is 0 Å². The Hall–Kier alpha value is -1.91. The summed E-state index contributed by atoms with van der Waals surface area (Å²) in [6.45, 7) is 2.40. The first-order valence-electron chi connectivity index (χ1n) is 5.65. The maximum absolute atomic E-state index is 10.6. The average molecular weight is 253 g/mol. The quantitative estimate of drug-likeness (QED) is 0.839. The minimum Gasteiger partial charge on any atom is -0.493 e. The molecule has 0 saturated heterocycles. The first-order chi connectivity index (χ1) is 8.49. The number of methoxy groups -OCH3 is 2. The minimum absolute atomic E-state index is 0.101. The maximum Gasteiger partial charge on any atom is 0.305 e. The molecule has 0 heterocycles. The molecule has 0 radical (unpaired) electrons. The number of anilines is 1. The van der Waals surface area contributed by atoms with Gasteiger partial charge in [0.05, 0.1) is 20.6 Å². The van der Waals surface area contributed by atoms with Gasteiger partial charge in [0.25, 0.3) is 0 Å². The lowest BCUT2D eigenvalue weighted by molar-refractivity contribution is -0.136. The van der Waals surface area contributed by atoms with Crippen molar-refractivity contribution in [2.75, 3.05) is 32.7 Å². The van der Waals surface area contributed by atoms with Gasteiger partial charge in [-0.15, -0.1) is 0 Å². The number of aryl methyl sites for hydroxylation is 1. The van der Waals surface area contributed by atoms with Crippen molar-refractivity contribution in [3.05, 3.63) is 17.7 Å². The molecule has 0 unspecified atom stereocenters. The van der Waals surface area contributed by atoms with Gasteiger partial charge in [-0.05, 0) is 18.6 Å². The van der Waals surface area contributed by atoms with Gasteiger partial charge < -0.3 is 19.5 Å². The van der Waals surface area contributed by atoms with E-state index in [1.807, 2.05) is 31.0 Å². The lowest BCUT2D eigenvalue weighted by Crippen LogP contribution is -2.21. The van der Waals surface area contributed by atoms with Crippen molar-refractivity contribution in [2.45, 2.75) is 13.3 Å². The van der Waals surface area contributed by atoms with E-state index in [0.717, 1.165) is 11.3 Å². The molecule has 0 aliphatic rings. The largest absolute Gasteiger partial charge is 0.493 e. The van der Waals surface area contributed by atoms with E-state index >= 15 is 0 Å². The SMILES string of the molecule is COc1cc(C)c(N(C)CCC(=O)O)cc1OC. The summed E-state index contributed by atoms with van der Waals surface area (Å²) in [6, 6.07) is 3.74. The van der Waals surface area contributed by atoms with Gasteiger partial charge >= 0.3 is 5.97 Å². The molecule has 0 aliphatic carbocycles. The highest BCUT2D eigenvalue weighted by Crippen LogP contribution is 2.34. The normalized spacial score (nSPS) is 10.0. The molecule has 0 bridgehead atoms. The number of nitrogens with zero attached hydrogens (tertiary/aromatic N) is 1. The van der Waals surface area contributed by atoms with Crippen molar-refractivity contribution >= 4 is 11.7 Å². The predicted octanol–water partition coefficient (Wildman–Crippen LogP) is 1.92. The van der Waals surface area contributed by atoms with Crippen molar-refractivity contribution in [1.29, 1.82) is 0 Å². The molecule has 100 valence electrons. The number of aliphatic carboxylic acids is 1. The fourth-order valence-corrected chi connectivity index (χ4v) is 1.76. The smallest absolute Gasteiger partial charge is 0.305 e. The third-order valence-corrected chi connectivity index (χ3v) is 2.77. The molecular formula is C13H19NO4. The molecule has 1 aromatic rings. The predicted molar refractivity (Wildman–Crippen MR) is 69.8 cm³/mol. The molecule has 0 fully saturated rings. The van der Waals surface area contributed by atoms with Gasteiger partial charge in [-0.1, -0.05) is 0 Å². The zero-order valence-electron chi connectivity index (χ0n) is 11.2. The molecule has 1 N–H and O–H groups in total. The molecule has 0 spiro atoms. The van der Waals surface area contributed by atoms with Crippen LogP contribution in [-0.4, -0.2) is 38.9 Å². The van der Waals surface area contributed by atoms with Crippen LogP contribution in [0.25, 0.3) is 0 Å². The summed E-state index contributed by atoms with van der Waals surface area (Å²) >= 11 is 0. The summed E-state index contributed by atoms with van der Waals surface area (Å²) in [7, 11) is 5.02. The van der Waals surface area contributed by atoms with Crippen LogP contribution in [0.4, 0.5) is 5.69 Å². The molecule has 0 aliphatic heterocycles. The first-order valence-corrected chi connectivity index (χ1v) is 5.65. The molecule has 5 heteroatoms. The number of hydrogen-bond acceptors (Lipinski definition) is 4. The van der Waals surface area contributed by atoms with E-state index in [1.54, 1.807) is 14.2 Å². The molecular weight excluding hydrogens is 234 g/mol. The Balaban J connectivity index is 2.97. The summed E-state index contributed by atoms with van der Waals surface area (Å²) in [5, 5.41) is 8.69. The summed E-state index contributed by atoms with van der Waals surface area (Å²) in [6.07, 6.45) is 0.101. The third kappa shape index (κ3) is 3.29. The van der Waals surface area contributed by atoms with E-state index in [-0.39, 0.29) is 6.42 Å². The summed E-state index contributed by atoms with van der Waals surface area (Å²) in [5.41, 5.74) is 1.95. The van der Waals surface area contributed by atoms with Crippen molar-refractivity contribution in [2.24, 2.45) is 0 Å². The van der Waals surface area contributed by atoms with Crippen LogP contribution in [0.15, 0.2) is 12.1 Å². The number of carboxylic acid groups (broad SMARTS) is 1. The van der Waals surface area contributed by atoms with Gasteiger partial charge in [0.15, 0.2) is 11.5 Å². The van der Waals surface area contributed by atoms with Gasteiger partial charge in [-0.3, -0.25) is 4.79 Å². The van der Waals surface area contributed by atoms with Crippen LogP contribution < -0.4 is 14.4 Å². The number of benzene rings is 1. The minimum atomic E-state index is -0.806. The molecule has 1 aromatic carbocycles. The fourth-order valence-electron chi connectivity index (χ4n) is 1.76. The molecule has 1 rings (SSSR count). The second kappa shape index (κ2) is 6.14. The number of rotatable bonds is 6. The second-order valence-corrected chi connectivity index (χ2v) is 4.06. The number of carbonyl (C=O) groups is 1. The molecule has 0 amide bonds. The van der Waals surface area contributed by atoms with E-state index in [9.17, 15) is 4.79 Å². The number of carboxylic acids is 1. The third-order valence-electron chi connectivity index (χ3n) is 2.77. The number of hydrogen-bond donors (Lipinski definition) is 1. The highest BCUT2D eigenvalue weighted by atomic mass is 16.5. The Labute approximate surface area is 107 Å². The Morgan fingerprint density at radius 3 is 2.33 bits per heavy atom. The van der Waals surface area contributed by atoms with E-state index < -0.39 is 5.97 Å². The maximum atomic E-state index is 10.6. The molecule has 0 saturated carbocycles. The van der Waals surface area contributed by atoms with Crippen LogP contribution in [0, 0.1) is 6.92 Å². The van der Waals surface area contributed by atoms with Crippen LogP contribution >= 0.6 is 0 Å². The van der Waals surface area contributed by atoms with Crippen molar-refractivity contribution in [3.63, 3.8) is 0 Å². The summed E-state index contributed by atoms with van der Waals surface area (Å²) < 4.78 is 10.5. The summed E-state index contributed by atoms with van der Waals surface area (Å²) in [4.78, 5) is 12.5. The van der Waals surface area contributed by atoms with Gasteiger partial charge in [0.2, 0.25) is 0 Å². The second-order valence-electron chi connectivity index (χ2n) is 4.06. The monoisotopic (exact) mass is 253 g/mol. The summed E-state index contributed by atoms with van der Waals surface area (Å²) in [5.74, 6) is 0.505. The molecule has 5 nitrogen and oxygen atoms in total. The first kappa shape index (κ1) is 14.2. The molecule has 18 heavy (non-hydrogen) atoms. The lowest BCUT2D eigenvalue weighted by atomic mass is 10.1. The Bertz CT molecular complexity index is 431. The standard InChI is InChI=1S/C13H19NO4/c1-9-7-11(17-3)12(18-4)8-10(9)14(2)6-5-13(15)16/h7-8H,5-6H2,1-4H3,(H,15,16). The van der Waals surface area contributed by atoms with Gasteiger partial charge in [-0.2, -0.15) is 0 Å². The van der Waals surface area contributed by atoms with Crippen LogP contribution in [-0.2, 0) is 4.79 Å². The van der Waals surface area contributed by atoms with Crippen LogP contribution in [0.5, 0.6) is 11.5 Å². The van der Waals surface area contributed by atoms with Crippen molar-refractivity contribution < 1.29 is 19.4 Å². The van der Waals surface area contributed by atoms with Crippen LogP contribution in [0.3, 0.4) is 0 Å². The van der Waals surface area contributed by atoms with E-state index in [1.165, 1.54) is 0 Å². The van der Waals surface area contributed by atoms with E-state index in [4.69, 9.17) is 14.6 Å².